The van der Waals surface area contributed by atoms with Gasteiger partial charge < -0.3 is 5.73 Å². The molecule has 0 fully saturated rings. The highest BCUT2D eigenvalue weighted by Crippen LogP contribution is 2.30. The number of unbranched alkanes of at least 4 members (excludes halogenated alkanes) is 22. The van der Waals surface area contributed by atoms with Crippen LogP contribution in [0.4, 0.5) is 0 Å². The van der Waals surface area contributed by atoms with Crippen molar-refractivity contribution in [2.75, 3.05) is 0 Å². The summed E-state index contributed by atoms with van der Waals surface area (Å²) in [5.74, 6) is 1.54. The second kappa shape index (κ2) is 31.5. The minimum absolute atomic E-state index is 0.446. The van der Waals surface area contributed by atoms with E-state index in [1.165, 1.54) is 193 Å². The molecule has 0 heterocycles. The fourth-order valence-electron chi connectivity index (χ4n) is 6.54. The first-order valence-corrected chi connectivity index (χ1v) is 18.5. The number of hydrogen-bond donors (Lipinski definition) is 1. The first kappa shape index (κ1) is 38.0. The summed E-state index contributed by atoms with van der Waals surface area (Å²) in [4.78, 5) is 0. The van der Waals surface area contributed by atoms with Crippen LogP contribution in [-0.2, 0) is 0 Å². The highest BCUT2D eigenvalue weighted by Gasteiger charge is 2.25. The van der Waals surface area contributed by atoms with Crippen LogP contribution in [0, 0.1) is 11.8 Å². The molecule has 0 aliphatic carbocycles. The maximum absolute atomic E-state index is 7.25. The van der Waals surface area contributed by atoms with E-state index in [1.54, 1.807) is 0 Å². The summed E-state index contributed by atoms with van der Waals surface area (Å²) in [5.41, 5.74) is 7.25. The van der Waals surface area contributed by atoms with E-state index >= 15 is 0 Å². The first-order chi connectivity index (χ1) is 18.7. The molecule has 0 aromatic carbocycles. The zero-order valence-corrected chi connectivity index (χ0v) is 27.5. The lowest BCUT2D eigenvalue weighted by Crippen LogP contribution is -2.38. The molecule has 0 bridgehead atoms. The lowest BCUT2D eigenvalue weighted by molar-refractivity contribution is 0.237. The van der Waals surface area contributed by atoms with Crippen LogP contribution in [0.5, 0.6) is 0 Å². The van der Waals surface area contributed by atoms with Crippen LogP contribution in [0.3, 0.4) is 0 Å². The Morgan fingerprint density at radius 3 is 0.684 bits per heavy atom. The largest absolute Gasteiger partial charge is 0.327 e. The van der Waals surface area contributed by atoms with Crippen molar-refractivity contribution in [1.82, 2.24) is 0 Å². The van der Waals surface area contributed by atoms with Crippen molar-refractivity contribution < 1.29 is 0 Å². The van der Waals surface area contributed by atoms with E-state index in [4.69, 9.17) is 5.73 Å². The van der Waals surface area contributed by atoms with Gasteiger partial charge in [0.15, 0.2) is 0 Å². The molecule has 230 valence electrons. The van der Waals surface area contributed by atoms with E-state index in [1.807, 2.05) is 0 Å². The molecule has 1 heteroatoms. The minimum Gasteiger partial charge on any atom is -0.327 e. The Morgan fingerprint density at radius 1 is 0.289 bits per heavy atom. The van der Waals surface area contributed by atoms with Crippen LogP contribution in [0.2, 0.25) is 0 Å². The molecule has 2 N–H and O–H groups in total. The van der Waals surface area contributed by atoms with Crippen LogP contribution in [0.25, 0.3) is 0 Å². The van der Waals surface area contributed by atoms with E-state index in [2.05, 4.69) is 27.7 Å². The molecule has 0 spiro atoms. The third-order valence-corrected chi connectivity index (χ3v) is 9.30. The summed E-state index contributed by atoms with van der Waals surface area (Å²) >= 11 is 0. The molecule has 0 aromatic heterocycles. The fraction of sp³-hybridized carbons (Fsp3) is 1.00. The average molecular weight is 536 g/mol. The third-order valence-electron chi connectivity index (χ3n) is 9.30. The fourth-order valence-corrected chi connectivity index (χ4v) is 6.54. The number of nitrogens with two attached hydrogens (primary N) is 1. The Balaban J connectivity index is 4.81. The predicted octanol–water partition coefficient (Wildman–Crippen LogP) is 13.3. The third kappa shape index (κ3) is 25.0. The molecule has 0 aliphatic heterocycles. The summed E-state index contributed by atoms with van der Waals surface area (Å²) < 4.78 is 0. The van der Waals surface area contributed by atoms with Gasteiger partial charge in [-0.2, -0.15) is 0 Å². The van der Waals surface area contributed by atoms with Gasteiger partial charge >= 0.3 is 0 Å². The van der Waals surface area contributed by atoms with Gasteiger partial charge in [-0.15, -0.1) is 0 Å². The van der Waals surface area contributed by atoms with Crippen LogP contribution in [0.15, 0.2) is 0 Å². The molecule has 0 aromatic rings. The SMILES string of the molecule is CCCCCCCCCC(CCCCCCCC)C(N)C(CCCCCCCC)CCCCCCCCC. The van der Waals surface area contributed by atoms with Crippen molar-refractivity contribution >= 4 is 0 Å². The zero-order valence-electron chi connectivity index (χ0n) is 27.5. The Kier molecular flexibility index (Phi) is 31.5. The van der Waals surface area contributed by atoms with Gasteiger partial charge in [0.1, 0.15) is 0 Å². The van der Waals surface area contributed by atoms with Crippen LogP contribution in [0.1, 0.15) is 220 Å². The highest BCUT2D eigenvalue weighted by molar-refractivity contribution is 4.81. The molecule has 2 unspecified atom stereocenters. The molecule has 1 nitrogen and oxygen atoms in total. The molecule has 0 radical (unpaired) electrons. The van der Waals surface area contributed by atoms with Crippen molar-refractivity contribution in [3.63, 3.8) is 0 Å². The lowest BCUT2D eigenvalue weighted by atomic mass is 9.78. The summed E-state index contributed by atoms with van der Waals surface area (Å²) in [6, 6.07) is 0.446. The van der Waals surface area contributed by atoms with E-state index in [9.17, 15) is 0 Å². The topological polar surface area (TPSA) is 26.0 Å². The highest BCUT2D eigenvalue weighted by atomic mass is 14.7. The molecule has 2 atom stereocenters. The minimum atomic E-state index is 0.446. The van der Waals surface area contributed by atoms with Crippen LogP contribution >= 0.6 is 0 Å². The van der Waals surface area contributed by atoms with Gasteiger partial charge in [-0.25, -0.2) is 0 Å². The maximum Gasteiger partial charge on any atom is 0.00956 e. The summed E-state index contributed by atoms with van der Waals surface area (Å²) in [5, 5.41) is 0. The standard InChI is InChI=1S/C37H77N/c1-5-9-13-17-21-25-29-33-35(31-27-23-19-15-11-7-3)37(38)36(32-28-24-20-16-12-8-4)34-30-26-22-18-14-10-6-2/h35-37H,5-34,38H2,1-4H3. The van der Waals surface area contributed by atoms with Crippen molar-refractivity contribution in [3.8, 4) is 0 Å². The quantitative estimate of drug-likeness (QED) is 0.0851. The smallest absolute Gasteiger partial charge is 0.00956 e. The Morgan fingerprint density at radius 2 is 0.474 bits per heavy atom. The first-order valence-electron chi connectivity index (χ1n) is 18.5. The second-order valence-corrected chi connectivity index (χ2v) is 13.0. The monoisotopic (exact) mass is 536 g/mol. The molecule has 0 rings (SSSR count). The number of rotatable bonds is 32. The van der Waals surface area contributed by atoms with Crippen LogP contribution < -0.4 is 5.73 Å². The number of hydrogen-bond acceptors (Lipinski definition) is 1. The van der Waals surface area contributed by atoms with E-state index in [0.717, 1.165) is 11.8 Å². The van der Waals surface area contributed by atoms with Gasteiger partial charge in [-0.3, -0.25) is 0 Å². The molecule has 0 saturated carbocycles. The summed E-state index contributed by atoms with van der Waals surface area (Å²) in [6.45, 7) is 9.30. The maximum atomic E-state index is 7.25. The Bertz CT molecular complexity index is 381. The lowest BCUT2D eigenvalue weighted by Gasteiger charge is -2.32. The normalized spacial score (nSPS) is 14.1. The van der Waals surface area contributed by atoms with Gasteiger partial charge in [0, 0.05) is 6.04 Å². The molecule has 38 heavy (non-hydrogen) atoms. The van der Waals surface area contributed by atoms with Gasteiger partial charge in [0.2, 0.25) is 0 Å². The van der Waals surface area contributed by atoms with Gasteiger partial charge in [0.25, 0.3) is 0 Å². The van der Waals surface area contributed by atoms with Crippen LogP contribution in [-0.4, -0.2) is 6.04 Å². The zero-order chi connectivity index (χ0) is 27.9. The van der Waals surface area contributed by atoms with E-state index < -0.39 is 0 Å². The van der Waals surface area contributed by atoms with Crippen molar-refractivity contribution in [2.24, 2.45) is 17.6 Å². The van der Waals surface area contributed by atoms with Gasteiger partial charge in [-0.05, 0) is 37.5 Å². The van der Waals surface area contributed by atoms with Gasteiger partial charge in [0.05, 0.1) is 0 Å². The molecular weight excluding hydrogens is 458 g/mol. The summed E-state index contributed by atoms with van der Waals surface area (Å²) in [6.07, 6.45) is 42.5. The van der Waals surface area contributed by atoms with Gasteiger partial charge in [-0.1, -0.05) is 195 Å². The van der Waals surface area contributed by atoms with Crippen molar-refractivity contribution in [3.05, 3.63) is 0 Å². The average Bonchev–Trinajstić information content (AvgIpc) is 2.93. The Labute approximate surface area is 243 Å². The predicted molar refractivity (Wildman–Crippen MR) is 176 cm³/mol. The van der Waals surface area contributed by atoms with Crippen molar-refractivity contribution in [2.45, 2.75) is 226 Å². The van der Waals surface area contributed by atoms with E-state index in [-0.39, 0.29) is 0 Å². The second-order valence-electron chi connectivity index (χ2n) is 13.0. The molecule has 0 saturated heterocycles. The van der Waals surface area contributed by atoms with Crippen molar-refractivity contribution in [1.29, 1.82) is 0 Å². The Hall–Kier alpha value is -0.0400. The molecular formula is C37H77N. The van der Waals surface area contributed by atoms with E-state index in [0.29, 0.717) is 6.04 Å². The summed E-state index contributed by atoms with van der Waals surface area (Å²) in [7, 11) is 0. The molecule has 0 amide bonds. The molecule has 0 aliphatic rings.